The zero-order chi connectivity index (χ0) is 23.3. The van der Waals surface area contributed by atoms with Crippen LogP contribution in [-0.4, -0.2) is 16.2 Å². The summed E-state index contributed by atoms with van der Waals surface area (Å²) in [7, 11) is 0. The number of aromatic nitrogens is 2. The average Bonchev–Trinajstić information content (AvgIpc) is 3.20. The summed E-state index contributed by atoms with van der Waals surface area (Å²) in [5, 5.41) is 3.48. The van der Waals surface area contributed by atoms with E-state index in [0.29, 0.717) is 29.0 Å². The number of para-hydroxylation sites is 2. The van der Waals surface area contributed by atoms with Gasteiger partial charge in [0, 0.05) is 11.6 Å². The molecule has 0 saturated carbocycles. The van der Waals surface area contributed by atoms with Crippen LogP contribution in [0.15, 0.2) is 84.9 Å². The maximum absolute atomic E-state index is 6.26. The summed E-state index contributed by atoms with van der Waals surface area (Å²) in [4.78, 5) is 4.79. The highest BCUT2D eigenvalue weighted by atomic mass is 35.5. The second-order valence-corrected chi connectivity index (χ2v) is 8.94. The van der Waals surface area contributed by atoms with E-state index in [1.165, 1.54) is 10.8 Å². The summed E-state index contributed by atoms with van der Waals surface area (Å²) in [6.07, 6.45) is 1.89. The maximum atomic E-state index is 6.26. The Hall–Kier alpha value is -3.21. The molecule has 0 bridgehead atoms. The van der Waals surface area contributed by atoms with E-state index in [-0.39, 0.29) is 0 Å². The minimum absolute atomic E-state index is 0.323. The first-order chi connectivity index (χ1) is 16.7. The molecule has 34 heavy (non-hydrogen) atoms. The van der Waals surface area contributed by atoms with Gasteiger partial charge in [-0.05, 0) is 66.1 Å². The van der Waals surface area contributed by atoms with Gasteiger partial charge in [0.1, 0.15) is 23.9 Å². The third-order valence-corrected chi connectivity index (χ3v) is 6.28. The van der Waals surface area contributed by atoms with Gasteiger partial charge in [0.05, 0.1) is 22.7 Å². The number of benzene rings is 4. The van der Waals surface area contributed by atoms with Gasteiger partial charge in [0.25, 0.3) is 0 Å². The fourth-order valence-electron chi connectivity index (χ4n) is 4.04. The molecule has 6 heteroatoms. The SMILES string of the molecule is Clc1ccc(OCc2nc3ccccc3n2CCCCOc2ccc3ccccc3c2)c(Cl)c1. The van der Waals surface area contributed by atoms with E-state index < -0.39 is 0 Å². The van der Waals surface area contributed by atoms with Gasteiger partial charge < -0.3 is 14.0 Å². The molecular formula is C28H24Cl2N2O2. The molecule has 4 nitrogen and oxygen atoms in total. The lowest BCUT2D eigenvalue weighted by Crippen LogP contribution is -2.09. The van der Waals surface area contributed by atoms with Crippen LogP contribution in [0.4, 0.5) is 0 Å². The summed E-state index contributed by atoms with van der Waals surface area (Å²) >= 11 is 12.3. The Morgan fingerprint density at radius 2 is 1.59 bits per heavy atom. The van der Waals surface area contributed by atoms with Gasteiger partial charge in [-0.1, -0.05) is 65.7 Å². The van der Waals surface area contributed by atoms with Crippen molar-refractivity contribution in [2.24, 2.45) is 0 Å². The van der Waals surface area contributed by atoms with Gasteiger partial charge in [-0.2, -0.15) is 0 Å². The molecular weight excluding hydrogens is 467 g/mol. The molecule has 0 atom stereocenters. The summed E-state index contributed by atoms with van der Waals surface area (Å²) in [6.45, 7) is 1.81. The number of unbranched alkanes of at least 4 members (excludes halogenated alkanes) is 1. The molecule has 4 aromatic carbocycles. The number of nitrogens with zero attached hydrogens (tertiary/aromatic N) is 2. The molecule has 0 spiro atoms. The average molecular weight is 491 g/mol. The van der Waals surface area contributed by atoms with Crippen molar-refractivity contribution in [2.45, 2.75) is 26.0 Å². The molecule has 1 heterocycles. The van der Waals surface area contributed by atoms with Crippen molar-refractivity contribution in [3.8, 4) is 11.5 Å². The molecule has 0 aliphatic heterocycles. The zero-order valence-corrected chi connectivity index (χ0v) is 20.1. The molecule has 5 rings (SSSR count). The van der Waals surface area contributed by atoms with Crippen LogP contribution < -0.4 is 9.47 Å². The van der Waals surface area contributed by atoms with Gasteiger partial charge in [0.15, 0.2) is 0 Å². The van der Waals surface area contributed by atoms with Gasteiger partial charge in [-0.15, -0.1) is 0 Å². The quantitative estimate of drug-likeness (QED) is 0.197. The maximum Gasteiger partial charge on any atom is 0.147 e. The highest BCUT2D eigenvalue weighted by Gasteiger charge is 2.12. The number of hydrogen-bond acceptors (Lipinski definition) is 3. The number of ether oxygens (including phenoxy) is 2. The molecule has 0 amide bonds. The molecule has 0 saturated heterocycles. The molecule has 0 aliphatic rings. The molecule has 0 N–H and O–H groups in total. The van der Waals surface area contributed by atoms with Crippen LogP contribution in [0, 0.1) is 0 Å². The predicted octanol–water partition coefficient (Wildman–Crippen LogP) is 7.93. The lowest BCUT2D eigenvalue weighted by Gasteiger charge is -2.12. The lowest BCUT2D eigenvalue weighted by molar-refractivity contribution is 0.285. The fraction of sp³-hybridized carbons (Fsp3) is 0.179. The van der Waals surface area contributed by atoms with E-state index in [9.17, 15) is 0 Å². The Balaban J connectivity index is 1.21. The summed E-state index contributed by atoms with van der Waals surface area (Å²) in [5.41, 5.74) is 2.05. The first kappa shape index (κ1) is 22.6. The number of aryl methyl sites for hydroxylation is 1. The van der Waals surface area contributed by atoms with Crippen molar-refractivity contribution < 1.29 is 9.47 Å². The Kier molecular flexibility index (Phi) is 6.89. The van der Waals surface area contributed by atoms with Gasteiger partial charge in [0.2, 0.25) is 0 Å². The fourth-order valence-corrected chi connectivity index (χ4v) is 4.50. The summed E-state index contributed by atoms with van der Waals surface area (Å²) in [6, 6.07) is 27.9. The minimum atomic E-state index is 0.323. The normalized spacial score (nSPS) is 11.2. The van der Waals surface area contributed by atoms with E-state index in [1.807, 2.05) is 36.4 Å². The van der Waals surface area contributed by atoms with E-state index >= 15 is 0 Å². The number of rotatable bonds is 9. The van der Waals surface area contributed by atoms with Crippen molar-refractivity contribution >= 4 is 45.0 Å². The van der Waals surface area contributed by atoms with E-state index in [0.717, 1.165) is 42.0 Å². The first-order valence-corrected chi connectivity index (χ1v) is 12.1. The molecule has 0 fully saturated rings. The molecule has 5 aromatic rings. The van der Waals surface area contributed by atoms with Crippen LogP contribution in [0.2, 0.25) is 10.0 Å². The highest BCUT2D eigenvalue weighted by Crippen LogP contribution is 2.28. The van der Waals surface area contributed by atoms with Crippen LogP contribution in [0.25, 0.3) is 21.8 Å². The predicted molar refractivity (Wildman–Crippen MR) is 139 cm³/mol. The minimum Gasteiger partial charge on any atom is -0.494 e. The van der Waals surface area contributed by atoms with Crippen LogP contribution in [-0.2, 0) is 13.2 Å². The molecule has 0 unspecified atom stereocenters. The number of hydrogen-bond donors (Lipinski definition) is 0. The molecule has 1 aromatic heterocycles. The van der Waals surface area contributed by atoms with Crippen molar-refractivity contribution in [1.82, 2.24) is 9.55 Å². The van der Waals surface area contributed by atoms with Crippen molar-refractivity contribution in [3.05, 3.63) is 101 Å². The van der Waals surface area contributed by atoms with Crippen molar-refractivity contribution in [3.63, 3.8) is 0 Å². The van der Waals surface area contributed by atoms with Crippen LogP contribution in [0.5, 0.6) is 11.5 Å². The lowest BCUT2D eigenvalue weighted by atomic mass is 10.1. The molecule has 0 aliphatic carbocycles. The van der Waals surface area contributed by atoms with Gasteiger partial charge >= 0.3 is 0 Å². The van der Waals surface area contributed by atoms with Crippen molar-refractivity contribution in [1.29, 1.82) is 0 Å². The Bertz CT molecular complexity index is 1430. The number of imidazole rings is 1. The van der Waals surface area contributed by atoms with Crippen LogP contribution in [0.1, 0.15) is 18.7 Å². The topological polar surface area (TPSA) is 36.3 Å². The monoisotopic (exact) mass is 490 g/mol. The van der Waals surface area contributed by atoms with Crippen LogP contribution in [0.3, 0.4) is 0 Å². The standard InChI is InChI=1S/C28H24Cl2N2O2/c29-22-12-14-27(24(30)18-22)34-19-28-31-25-9-3-4-10-26(25)32(28)15-5-6-16-33-23-13-11-20-7-1-2-8-21(20)17-23/h1-4,7-14,17-18H,5-6,15-16,19H2. The summed E-state index contributed by atoms with van der Waals surface area (Å²) in [5.74, 6) is 2.36. The zero-order valence-electron chi connectivity index (χ0n) is 18.6. The Labute approximate surface area is 208 Å². The van der Waals surface area contributed by atoms with E-state index in [4.69, 9.17) is 37.7 Å². The summed E-state index contributed by atoms with van der Waals surface area (Å²) < 4.78 is 14.2. The Morgan fingerprint density at radius 3 is 2.47 bits per heavy atom. The van der Waals surface area contributed by atoms with E-state index in [1.54, 1.807) is 18.2 Å². The first-order valence-electron chi connectivity index (χ1n) is 11.3. The number of halogens is 2. The van der Waals surface area contributed by atoms with Crippen LogP contribution >= 0.6 is 23.2 Å². The highest BCUT2D eigenvalue weighted by molar-refractivity contribution is 6.35. The number of fused-ring (bicyclic) bond motifs is 2. The van der Waals surface area contributed by atoms with Gasteiger partial charge in [-0.3, -0.25) is 0 Å². The second-order valence-electron chi connectivity index (χ2n) is 8.10. The second kappa shape index (κ2) is 10.4. The largest absolute Gasteiger partial charge is 0.494 e. The molecule has 172 valence electrons. The Morgan fingerprint density at radius 1 is 0.765 bits per heavy atom. The third-order valence-electron chi connectivity index (χ3n) is 5.75. The van der Waals surface area contributed by atoms with Gasteiger partial charge in [-0.25, -0.2) is 4.98 Å². The molecule has 0 radical (unpaired) electrons. The van der Waals surface area contributed by atoms with Crippen molar-refractivity contribution in [2.75, 3.05) is 6.61 Å². The third kappa shape index (κ3) is 5.14. The van der Waals surface area contributed by atoms with E-state index in [2.05, 4.69) is 34.9 Å². The smallest absolute Gasteiger partial charge is 0.147 e.